The summed E-state index contributed by atoms with van der Waals surface area (Å²) < 4.78 is 0. The normalized spacial score (nSPS) is 28.4. The first kappa shape index (κ1) is 13.6. The van der Waals surface area contributed by atoms with Crippen LogP contribution in [0.1, 0.15) is 44.8 Å². The van der Waals surface area contributed by atoms with Crippen molar-refractivity contribution in [1.29, 1.82) is 0 Å². The van der Waals surface area contributed by atoms with Crippen molar-refractivity contribution in [3.8, 4) is 0 Å². The Morgan fingerprint density at radius 3 is 2.30 bits per heavy atom. The number of aliphatic hydroxyl groups is 1. The van der Waals surface area contributed by atoms with Gasteiger partial charge < -0.3 is 5.11 Å². The molecule has 0 saturated heterocycles. The first-order valence-electron chi connectivity index (χ1n) is 7.81. The van der Waals surface area contributed by atoms with Crippen molar-refractivity contribution in [3.05, 3.63) is 48.0 Å². The summed E-state index contributed by atoms with van der Waals surface area (Å²) in [6.45, 7) is 4.64. The van der Waals surface area contributed by atoms with Crippen LogP contribution in [0.5, 0.6) is 0 Å². The van der Waals surface area contributed by atoms with Gasteiger partial charge in [-0.25, -0.2) is 0 Å². The van der Waals surface area contributed by atoms with Crippen LogP contribution in [0.15, 0.2) is 42.5 Å². The van der Waals surface area contributed by atoms with E-state index >= 15 is 0 Å². The van der Waals surface area contributed by atoms with Crippen LogP contribution in [0, 0.1) is 17.8 Å². The summed E-state index contributed by atoms with van der Waals surface area (Å²) in [6, 6.07) is 14.7. The van der Waals surface area contributed by atoms with E-state index in [1.54, 1.807) is 0 Å². The summed E-state index contributed by atoms with van der Waals surface area (Å²) in [5.41, 5.74) is 1.11. The van der Waals surface area contributed by atoms with E-state index in [4.69, 9.17) is 0 Å². The summed E-state index contributed by atoms with van der Waals surface area (Å²) in [5.74, 6) is 1.86. The van der Waals surface area contributed by atoms with E-state index in [0.29, 0.717) is 5.92 Å². The molecule has 20 heavy (non-hydrogen) atoms. The third-order valence-corrected chi connectivity index (χ3v) is 4.80. The number of aliphatic hydroxyl groups excluding tert-OH is 1. The molecule has 3 atom stereocenters. The third kappa shape index (κ3) is 2.60. The van der Waals surface area contributed by atoms with Crippen molar-refractivity contribution in [2.75, 3.05) is 0 Å². The molecule has 0 heterocycles. The van der Waals surface area contributed by atoms with Gasteiger partial charge in [-0.3, -0.25) is 0 Å². The molecule has 2 aromatic rings. The topological polar surface area (TPSA) is 20.2 Å². The average molecular weight is 268 g/mol. The Kier molecular flexibility index (Phi) is 3.80. The quantitative estimate of drug-likeness (QED) is 0.817. The molecule has 1 N–H and O–H groups in total. The van der Waals surface area contributed by atoms with Crippen molar-refractivity contribution in [1.82, 2.24) is 0 Å². The summed E-state index contributed by atoms with van der Waals surface area (Å²) in [6.07, 6.45) is 3.27. The molecule has 0 radical (unpaired) electrons. The summed E-state index contributed by atoms with van der Waals surface area (Å²) >= 11 is 0. The smallest absolute Gasteiger partial charge is 0.0824 e. The van der Waals surface area contributed by atoms with Crippen LogP contribution < -0.4 is 0 Å². The molecule has 0 spiro atoms. The number of fused-ring (bicyclic) bond motifs is 1. The Hall–Kier alpha value is -1.34. The van der Waals surface area contributed by atoms with Crippen LogP contribution in [0.2, 0.25) is 0 Å². The van der Waals surface area contributed by atoms with Crippen LogP contribution in [0.4, 0.5) is 0 Å². The fraction of sp³-hybridized carbons (Fsp3) is 0.474. The third-order valence-electron chi connectivity index (χ3n) is 4.80. The van der Waals surface area contributed by atoms with E-state index in [-0.39, 0.29) is 6.10 Å². The lowest BCUT2D eigenvalue weighted by molar-refractivity contribution is 0.0562. The number of benzene rings is 2. The van der Waals surface area contributed by atoms with Crippen LogP contribution in [0.25, 0.3) is 10.8 Å². The zero-order valence-corrected chi connectivity index (χ0v) is 12.4. The van der Waals surface area contributed by atoms with Gasteiger partial charge in [0.05, 0.1) is 6.10 Å². The molecule has 1 heteroatoms. The van der Waals surface area contributed by atoms with E-state index in [2.05, 4.69) is 56.3 Å². The lowest BCUT2D eigenvalue weighted by atomic mass is 9.73. The molecule has 1 aliphatic rings. The largest absolute Gasteiger partial charge is 0.388 e. The maximum absolute atomic E-state index is 10.9. The van der Waals surface area contributed by atoms with E-state index in [9.17, 15) is 5.11 Å². The molecule has 3 unspecified atom stereocenters. The van der Waals surface area contributed by atoms with Gasteiger partial charge in [-0.15, -0.1) is 0 Å². The molecule has 0 bridgehead atoms. The second kappa shape index (κ2) is 5.57. The number of rotatable bonds is 2. The minimum absolute atomic E-state index is 0.328. The minimum atomic E-state index is -0.328. The van der Waals surface area contributed by atoms with Crippen molar-refractivity contribution in [2.24, 2.45) is 17.8 Å². The van der Waals surface area contributed by atoms with Gasteiger partial charge in [0.25, 0.3) is 0 Å². The molecule has 0 amide bonds. The molecule has 1 nitrogen and oxygen atoms in total. The SMILES string of the molecule is CC1CC(C)CC(C(O)c2cccc3ccccc23)C1. The highest BCUT2D eigenvalue weighted by Gasteiger charge is 2.30. The van der Waals surface area contributed by atoms with Crippen molar-refractivity contribution in [3.63, 3.8) is 0 Å². The standard InChI is InChI=1S/C19H24O/c1-13-10-14(2)12-16(11-13)19(20)18-9-5-7-15-6-3-4-8-17(15)18/h3-9,13-14,16,19-20H,10-12H2,1-2H3. The molecule has 106 valence electrons. The zero-order chi connectivity index (χ0) is 14.1. The van der Waals surface area contributed by atoms with Gasteiger partial charge in [0.2, 0.25) is 0 Å². The van der Waals surface area contributed by atoms with Crippen LogP contribution in [-0.4, -0.2) is 5.11 Å². The summed E-state index contributed by atoms with van der Waals surface area (Å²) in [7, 11) is 0. The highest BCUT2D eigenvalue weighted by atomic mass is 16.3. The predicted molar refractivity (Wildman–Crippen MR) is 84.6 cm³/mol. The maximum atomic E-state index is 10.9. The van der Waals surface area contributed by atoms with Crippen molar-refractivity contribution < 1.29 is 5.11 Å². The predicted octanol–water partition coefficient (Wildman–Crippen LogP) is 4.95. The monoisotopic (exact) mass is 268 g/mol. The molecule has 1 saturated carbocycles. The van der Waals surface area contributed by atoms with E-state index in [1.165, 1.54) is 17.2 Å². The zero-order valence-electron chi connectivity index (χ0n) is 12.4. The van der Waals surface area contributed by atoms with Crippen LogP contribution in [0.3, 0.4) is 0 Å². The van der Waals surface area contributed by atoms with Gasteiger partial charge in [0.15, 0.2) is 0 Å². The Morgan fingerprint density at radius 2 is 1.55 bits per heavy atom. The Balaban J connectivity index is 1.94. The molecule has 3 rings (SSSR count). The molecule has 1 fully saturated rings. The average Bonchev–Trinajstić information content (AvgIpc) is 2.45. The van der Waals surface area contributed by atoms with Gasteiger partial charge in [0, 0.05) is 0 Å². The van der Waals surface area contributed by atoms with Crippen molar-refractivity contribution in [2.45, 2.75) is 39.2 Å². The first-order chi connectivity index (χ1) is 9.65. The molecule has 0 aromatic heterocycles. The summed E-state index contributed by atoms with van der Waals surface area (Å²) in [5, 5.41) is 13.3. The van der Waals surface area contributed by atoms with E-state index in [0.717, 1.165) is 30.2 Å². The second-order valence-corrected chi connectivity index (χ2v) is 6.69. The highest BCUT2D eigenvalue weighted by Crippen LogP contribution is 2.41. The lowest BCUT2D eigenvalue weighted by Crippen LogP contribution is -2.24. The van der Waals surface area contributed by atoms with E-state index in [1.807, 2.05) is 0 Å². The lowest BCUT2D eigenvalue weighted by Gasteiger charge is -2.34. The maximum Gasteiger partial charge on any atom is 0.0824 e. The van der Waals surface area contributed by atoms with E-state index < -0.39 is 0 Å². The van der Waals surface area contributed by atoms with Crippen LogP contribution in [-0.2, 0) is 0 Å². The first-order valence-corrected chi connectivity index (χ1v) is 7.81. The highest BCUT2D eigenvalue weighted by molar-refractivity contribution is 5.85. The Morgan fingerprint density at radius 1 is 0.900 bits per heavy atom. The fourth-order valence-corrected chi connectivity index (χ4v) is 4.03. The molecule has 2 aromatic carbocycles. The van der Waals surface area contributed by atoms with Crippen molar-refractivity contribution >= 4 is 10.8 Å². The number of hydrogen-bond acceptors (Lipinski definition) is 1. The molecular formula is C19H24O. The molecule has 0 aliphatic heterocycles. The van der Waals surface area contributed by atoms with Crippen LogP contribution >= 0.6 is 0 Å². The van der Waals surface area contributed by atoms with Gasteiger partial charge >= 0.3 is 0 Å². The van der Waals surface area contributed by atoms with Gasteiger partial charge in [-0.05, 0) is 53.4 Å². The molecule has 1 aliphatic carbocycles. The van der Waals surface area contributed by atoms with Gasteiger partial charge in [0.1, 0.15) is 0 Å². The Labute approximate surface area is 121 Å². The fourth-order valence-electron chi connectivity index (χ4n) is 4.03. The number of hydrogen-bond donors (Lipinski definition) is 1. The minimum Gasteiger partial charge on any atom is -0.388 e. The van der Waals surface area contributed by atoms with Gasteiger partial charge in [-0.2, -0.15) is 0 Å². The molecular weight excluding hydrogens is 244 g/mol. The summed E-state index contributed by atoms with van der Waals surface area (Å²) in [4.78, 5) is 0. The Bertz CT molecular complexity index is 574. The second-order valence-electron chi connectivity index (χ2n) is 6.69. The van der Waals surface area contributed by atoms with Gasteiger partial charge in [-0.1, -0.05) is 56.3 Å².